The highest BCUT2D eigenvalue weighted by Gasteiger charge is 2.64. The molecule has 0 amide bonds. The number of para-hydroxylation sites is 1. The largest absolute Gasteiger partial charge is 0.306 e. The Kier molecular flexibility index (Phi) is 3.17. The third kappa shape index (κ3) is 2.14. The van der Waals surface area contributed by atoms with Crippen LogP contribution in [0.25, 0.3) is 0 Å². The van der Waals surface area contributed by atoms with Crippen molar-refractivity contribution in [1.82, 2.24) is 5.32 Å². The molecule has 1 aliphatic rings. The van der Waals surface area contributed by atoms with E-state index in [9.17, 15) is 10.1 Å². The quantitative estimate of drug-likeness (QED) is 0.665. The number of nitro groups is 1. The Morgan fingerprint density at radius 2 is 1.74 bits per heavy atom. The molecule has 0 spiro atoms. The molecular weight excluding hydrogens is 240 g/mol. The molecule has 2 rings (SSSR count). The summed E-state index contributed by atoms with van der Waals surface area (Å²) in [7, 11) is 0. The van der Waals surface area contributed by atoms with Gasteiger partial charge < -0.3 is 5.32 Å². The first-order valence-corrected chi connectivity index (χ1v) is 6.69. The zero-order valence-corrected chi connectivity index (χ0v) is 12.2. The summed E-state index contributed by atoms with van der Waals surface area (Å²) in [6.45, 7) is 10.9. The Hall–Kier alpha value is -1.42. The van der Waals surface area contributed by atoms with E-state index < -0.39 is 0 Å². The van der Waals surface area contributed by atoms with Gasteiger partial charge in [-0.05, 0) is 17.8 Å². The Morgan fingerprint density at radius 3 is 2.21 bits per heavy atom. The molecule has 0 heterocycles. The maximum absolute atomic E-state index is 11.1. The molecule has 104 valence electrons. The summed E-state index contributed by atoms with van der Waals surface area (Å²) in [5, 5.41) is 14.6. The topological polar surface area (TPSA) is 55.2 Å². The molecule has 0 aromatic heterocycles. The van der Waals surface area contributed by atoms with Gasteiger partial charge in [0.15, 0.2) is 0 Å². The summed E-state index contributed by atoms with van der Waals surface area (Å²) in [5.74, 6) is 0. The summed E-state index contributed by atoms with van der Waals surface area (Å²) >= 11 is 0. The van der Waals surface area contributed by atoms with E-state index in [2.05, 4.69) is 33.0 Å². The lowest BCUT2D eigenvalue weighted by atomic mass is 10.0. The van der Waals surface area contributed by atoms with Gasteiger partial charge in [-0.3, -0.25) is 10.1 Å². The zero-order chi connectivity index (χ0) is 14.4. The summed E-state index contributed by atoms with van der Waals surface area (Å²) < 4.78 is 0. The van der Waals surface area contributed by atoms with Crippen LogP contribution in [0.3, 0.4) is 0 Å². The van der Waals surface area contributed by atoms with Crippen molar-refractivity contribution < 1.29 is 4.92 Å². The third-order valence-corrected chi connectivity index (χ3v) is 5.04. The molecule has 1 unspecified atom stereocenters. The number of nitrogens with zero attached hydrogens (tertiary/aromatic N) is 1. The van der Waals surface area contributed by atoms with Gasteiger partial charge in [0.1, 0.15) is 0 Å². The highest BCUT2D eigenvalue weighted by atomic mass is 16.6. The van der Waals surface area contributed by atoms with Gasteiger partial charge in [-0.2, -0.15) is 0 Å². The molecule has 4 nitrogen and oxygen atoms in total. The Bertz CT molecular complexity index is 495. The molecule has 1 fully saturated rings. The second kappa shape index (κ2) is 4.30. The van der Waals surface area contributed by atoms with E-state index in [4.69, 9.17) is 0 Å². The summed E-state index contributed by atoms with van der Waals surface area (Å²) in [6.07, 6.45) is 0. The van der Waals surface area contributed by atoms with Crippen molar-refractivity contribution in [2.45, 2.75) is 46.7 Å². The minimum atomic E-state index is -0.309. The van der Waals surface area contributed by atoms with Crippen molar-refractivity contribution >= 4 is 5.69 Å². The SMILES string of the molecule is CC(NC1C(C)(C)C1(C)C)c1ccccc1[N+](=O)[O-]. The first-order valence-electron chi connectivity index (χ1n) is 6.69. The normalized spacial score (nSPS) is 21.9. The number of nitrogens with one attached hydrogen (secondary N) is 1. The number of rotatable bonds is 4. The zero-order valence-electron chi connectivity index (χ0n) is 12.2. The van der Waals surface area contributed by atoms with Crippen molar-refractivity contribution in [3.63, 3.8) is 0 Å². The van der Waals surface area contributed by atoms with E-state index >= 15 is 0 Å². The fraction of sp³-hybridized carbons (Fsp3) is 0.600. The van der Waals surface area contributed by atoms with Crippen LogP contribution in [-0.4, -0.2) is 11.0 Å². The molecule has 1 aromatic carbocycles. The lowest BCUT2D eigenvalue weighted by Gasteiger charge is -2.16. The Morgan fingerprint density at radius 1 is 1.21 bits per heavy atom. The molecule has 1 aromatic rings. The Balaban J connectivity index is 2.19. The molecule has 19 heavy (non-hydrogen) atoms. The van der Waals surface area contributed by atoms with E-state index in [1.165, 1.54) is 0 Å². The van der Waals surface area contributed by atoms with Crippen LogP contribution in [0.1, 0.15) is 46.2 Å². The molecule has 0 radical (unpaired) electrons. The van der Waals surface area contributed by atoms with Gasteiger partial charge in [0.25, 0.3) is 5.69 Å². The van der Waals surface area contributed by atoms with Crippen LogP contribution < -0.4 is 5.32 Å². The molecule has 1 saturated carbocycles. The van der Waals surface area contributed by atoms with Gasteiger partial charge in [-0.1, -0.05) is 45.9 Å². The standard InChI is InChI=1S/C15H22N2O2/c1-10(16-13-14(2,3)15(13,4)5)11-8-6-7-9-12(11)17(18)19/h6-10,13,16H,1-5H3. The van der Waals surface area contributed by atoms with E-state index in [0.717, 1.165) is 5.56 Å². The number of benzene rings is 1. The van der Waals surface area contributed by atoms with E-state index in [0.29, 0.717) is 6.04 Å². The monoisotopic (exact) mass is 262 g/mol. The fourth-order valence-electron chi connectivity index (χ4n) is 2.97. The van der Waals surface area contributed by atoms with E-state index in [1.807, 2.05) is 19.1 Å². The maximum Gasteiger partial charge on any atom is 0.274 e. The maximum atomic E-state index is 11.1. The van der Waals surface area contributed by atoms with Crippen molar-refractivity contribution in [3.8, 4) is 0 Å². The molecule has 1 N–H and O–H groups in total. The lowest BCUT2D eigenvalue weighted by Crippen LogP contribution is -2.26. The summed E-state index contributed by atoms with van der Waals surface area (Å²) in [4.78, 5) is 10.8. The molecule has 0 saturated heterocycles. The number of hydrogen-bond donors (Lipinski definition) is 1. The molecular formula is C15H22N2O2. The van der Waals surface area contributed by atoms with Crippen LogP contribution in [0.5, 0.6) is 0 Å². The highest BCUT2D eigenvalue weighted by Crippen LogP contribution is 2.63. The average Bonchev–Trinajstić information content (AvgIpc) is 2.71. The van der Waals surface area contributed by atoms with Crippen LogP contribution in [0.4, 0.5) is 5.69 Å². The second-order valence-corrected chi connectivity index (χ2v) is 6.58. The van der Waals surface area contributed by atoms with E-state index in [1.54, 1.807) is 12.1 Å². The van der Waals surface area contributed by atoms with Gasteiger partial charge >= 0.3 is 0 Å². The smallest absolute Gasteiger partial charge is 0.274 e. The Labute approximate surface area is 114 Å². The van der Waals surface area contributed by atoms with Crippen LogP contribution in [0.2, 0.25) is 0 Å². The summed E-state index contributed by atoms with van der Waals surface area (Å²) in [5.41, 5.74) is 1.40. The number of nitro benzene ring substituents is 1. The van der Waals surface area contributed by atoms with Crippen LogP contribution >= 0.6 is 0 Å². The molecule has 1 aliphatic carbocycles. The molecule has 0 bridgehead atoms. The van der Waals surface area contributed by atoms with Gasteiger partial charge in [-0.25, -0.2) is 0 Å². The predicted octanol–water partition coefficient (Wildman–Crippen LogP) is 3.68. The number of hydrogen-bond acceptors (Lipinski definition) is 3. The van der Waals surface area contributed by atoms with E-state index in [-0.39, 0.29) is 27.5 Å². The molecule has 4 heteroatoms. The summed E-state index contributed by atoms with van der Waals surface area (Å²) in [6, 6.07) is 7.32. The fourth-order valence-corrected chi connectivity index (χ4v) is 2.97. The van der Waals surface area contributed by atoms with Crippen molar-refractivity contribution in [2.75, 3.05) is 0 Å². The van der Waals surface area contributed by atoms with Crippen LogP contribution in [0.15, 0.2) is 24.3 Å². The van der Waals surface area contributed by atoms with Crippen LogP contribution in [-0.2, 0) is 0 Å². The first kappa shape index (κ1) is 14.0. The van der Waals surface area contributed by atoms with Gasteiger partial charge in [0, 0.05) is 23.7 Å². The van der Waals surface area contributed by atoms with Crippen LogP contribution in [0, 0.1) is 20.9 Å². The minimum Gasteiger partial charge on any atom is -0.306 e. The lowest BCUT2D eigenvalue weighted by molar-refractivity contribution is -0.385. The second-order valence-electron chi connectivity index (χ2n) is 6.58. The molecule has 0 aliphatic heterocycles. The molecule has 1 atom stereocenters. The van der Waals surface area contributed by atoms with Crippen molar-refractivity contribution in [2.24, 2.45) is 10.8 Å². The van der Waals surface area contributed by atoms with Gasteiger partial charge in [0.2, 0.25) is 0 Å². The average molecular weight is 262 g/mol. The van der Waals surface area contributed by atoms with Crippen molar-refractivity contribution in [1.29, 1.82) is 0 Å². The minimum absolute atomic E-state index is 0.0207. The van der Waals surface area contributed by atoms with Gasteiger partial charge in [0.05, 0.1) is 4.92 Å². The van der Waals surface area contributed by atoms with Crippen molar-refractivity contribution in [3.05, 3.63) is 39.9 Å². The highest BCUT2D eigenvalue weighted by molar-refractivity contribution is 5.42. The van der Waals surface area contributed by atoms with Gasteiger partial charge in [-0.15, -0.1) is 0 Å². The first-order chi connectivity index (χ1) is 8.69. The predicted molar refractivity (Wildman–Crippen MR) is 76.0 cm³/mol. The third-order valence-electron chi connectivity index (χ3n) is 5.04.